The van der Waals surface area contributed by atoms with E-state index in [2.05, 4.69) is 24.1 Å². The second-order valence-corrected chi connectivity index (χ2v) is 8.22. The van der Waals surface area contributed by atoms with Gasteiger partial charge in [0.1, 0.15) is 18.0 Å². The van der Waals surface area contributed by atoms with Crippen LogP contribution in [-0.2, 0) is 9.53 Å². The molecule has 27 heavy (non-hydrogen) atoms. The predicted octanol–water partition coefficient (Wildman–Crippen LogP) is 4.19. The molecule has 0 saturated carbocycles. The molecule has 1 aliphatic heterocycles. The Morgan fingerprint density at radius 3 is 2.41 bits per heavy atom. The lowest BCUT2D eigenvalue weighted by Crippen LogP contribution is -2.41. The standard InChI is InChI=1S/C22H36N2O3/c1-6-11-22(4,26-5)21(25)23-19-7-9-20(10-8-19)27-13-12-24-15-17(2)14-18(3)16-24/h7-10,17-18H,6,11-16H2,1-5H3,(H,23,25)/t17-,18-,22-/m0/s1. The van der Waals surface area contributed by atoms with Crippen LogP contribution < -0.4 is 10.1 Å². The summed E-state index contributed by atoms with van der Waals surface area (Å²) in [6, 6.07) is 7.56. The maximum Gasteiger partial charge on any atom is 0.256 e. The molecule has 0 radical (unpaired) electrons. The van der Waals surface area contributed by atoms with Crippen LogP contribution in [0.4, 0.5) is 5.69 Å². The molecule has 0 unspecified atom stereocenters. The number of hydrogen-bond donors (Lipinski definition) is 1. The third-order valence-electron chi connectivity index (χ3n) is 5.39. The number of nitrogens with one attached hydrogen (secondary N) is 1. The maximum atomic E-state index is 12.5. The van der Waals surface area contributed by atoms with Crippen LogP contribution in [-0.4, -0.2) is 49.8 Å². The van der Waals surface area contributed by atoms with Crippen molar-refractivity contribution in [3.05, 3.63) is 24.3 Å². The number of piperidine rings is 1. The van der Waals surface area contributed by atoms with Gasteiger partial charge in [0, 0.05) is 32.4 Å². The minimum atomic E-state index is -0.799. The largest absolute Gasteiger partial charge is 0.492 e. The van der Waals surface area contributed by atoms with Crippen LogP contribution in [0.3, 0.4) is 0 Å². The van der Waals surface area contributed by atoms with Crippen LogP contribution in [0, 0.1) is 11.8 Å². The summed E-state index contributed by atoms with van der Waals surface area (Å²) < 4.78 is 11.3. The molecule has 1 aliphatic rings. The molecule has 1 heterocycles. The first kappa shape index (κ1) is 21.7. The second kappa shape index (κ2) is 10.1. The third-order valence-corrected chi connectivity index (χ3v) is 5.39. The molecule has 1 fully saturated rings. The number of likely N-dealkylation sites (tertiary alicyclic amines) is 1. The number of anilines is 1. The van der Waals surface area contributed by atoms with E-state index in [0.717, 1.165) is 49.3 Å². The molecule has 1 amide bonds. The third kappa shape index (κ3) is 6.51. The first-order chi connectivity index (χ1) is 12.9. The predicted molar refractivity (Wildman–Crippen MR) is 110 cm³/mol. The lowest BCUT2D eigenvalue weighted by atomic mass is 9.92. The molecule has 1 N–H and O–H groups in total. The highest BCUT2D eigenvalue weighted by Crippen LogP contribution is 2.22. The first-order valence-electron chi connectivity index (χ1n) is 10.2. The normalized spacial score (nSPS) is 22.9. The monoisotopic (exact) mass is 376 g/mol. The van der Waals surface area contributed by atoms with Gasteiger partial charge in [-0.25, -0.2) is 0 Å². The van der Waals surface area contributed by atoms with E-state index in [9.17, 15) is 4.79 Å². The van der Waals surface area contributed by atoms with Gasteiger partial charge in [-0.15, -0.1) is 0 Å². The Morgan fingerprint density at radius 2 is 1.85 bits per heavy atom. The number of methoxy groups -OCH3 is 1. The number of amides is 1. The van der Waals surface area contributed by atoms with Crippen molar-refractivity contribution in [1.29, 1.82) is 0 Å². The highest BCUT2D eigenvalue weighted by Gasteiger charge is 2.32. The summed E-state index contributed by atoms with van der Waals surface area (Å²) >= 11 is 0. The fourth-order valence-corrected chi connectivity index (χ4v) is 3.95. The number of rotatable bonds is 9. The molecule has 2 rings (SSSR count). The van der Waals surface area contributed by atoms with Gasteiger partial charge in [-0.05, 0) is 55.9 Å². The molecular formula is C22H36N2O3. The molecular weight excluding hydrogens is 340 g/mol. The number of benzene rings is 1. The van der Waals surface area contributed by atoms with E-state index >= 15 is 0 Å². The fraction of sp³-hybridized carbons (Fsp3) is 0.682. The van der Waals surface area contributed by atoms with Gasteiger partial charge in [-0.1, -0.05) is 27.2 Å². The van der Waals surface area contributed by atoms with Crippen LogP contribution in [0.5, 0.6) is 5.75 Å². The summed E-state index contributed by atoms with van der Waals surface area (Å²) in [7, 11) is 1.58. The molecule has 152 valence electrons. The number of carbonyl (C=O) groups excluding carboxylic acids is 1. The Bertz CT molecular complexity index is 580. The Labute approximate surface area is 164 Å². The van der Waals surface area contributed by atoms with Gasteiger partial charge < -0.3 is 14.8 Å². The highest BCUT2D eigenvalue weighted by atomic mass is 16.5. The maximum absolute atomic E-state index is 12.5. The van der Waals surface area contributed by atoms with E-state index < -0.39 is 5.60 Å². The van der Waals surface area contributed by atoms with E-state index in [-0.39, 0.29) is 5.91 Å². The molecule has 5 nitrogen and oxygen atoms in total. The van der Waals surface area contributed by atoms with Crippen molar-refractivity contribution in [2.45, 2.75) is 52.6 Å². The topological polar surface area (TPSA) is 50.8 Å². The molecule has 1 aromatic carbocycles. The highest BCUT2D eigenvalue weighted by molar-refractivity contribution is 5.97. The van der Waals surface area contributed by atoms with E-state index in [0.29, 0.717) is 13.0 Å². The van der Waals surface area contributed by atoms with Gasteiger partial charge in [0.15, 0.2) is 0 Å². The first-order valence-corrected chi connectivity index (χ1v) is 10.2. The van der Waals surface area contributed by atoms with E-state index in [1.54, 1.807) is 7.11 Å². The number of ether oxygens (including phenoxy) is 2. The summed E-state index contributed by atoms with van der Waals surface area (Å²) in [5.41, 5.74) is -0.0440. The lowest BCUT2D eigenvalue weighted by molar-refractivity contribution is -0.136. The Hall–Kier alpha value is -1.59. The van der Waals surface area contributed by atoms with Crippen molar-refractivity contribution in [2.75, 3.05) is 38.7 Å². The molecule has 0 spiro atoms. The van der Waals surface area contributed by atoms with Crippen molar-refractivity contribution < 1.29 is 14.3 Å². The van der Waals surface area contributed by atoms with Crippen LogP contribution in [0.2, 0.25) is 0 Å². The lowest BCUT2D eigenvalue weighted by Gasteiger charge is -2.34. The average Bonchev–Trinajstić information content (AvgIpc) is 2.62. The van der Waals surface area contributed by atoms with Crippen LogP contribution in [0.15, 0.2) is 24.3 Å². The fourth-order valence-electron chi connectivity index (χ4n) is 3.95. The summed E-state index contributed by atoms with van der Waals surface area (Å²) in [5, 5.41) is 2.94. The van der Waals surface area contributed by atoms with Gasteiger partial charge in [-0.2, -0.15) is 0 Å². The minimum absolute atomic E-state index is 0.117. The summed E-state index contributed by atoms with van der Waals surface area (Å²) in [4.78, 5) is 15.0. The number of nitrogens with zero attached hydrogens (tertiary/aromatic N) is 1. The molecule has 1 saturated heterocycles. The van der Waals surface area contributed by atoms with Crippen molar-refractivity contribution in [3.8, 4) is 5.75 Å². The summed E-state index contributed by atoms with van der Waals surface area (Å²) in [6.45, 7) is 12.5. The van der Waals surface area contributed by atoms with E-state index in [4.69, 9.17) is 9.47 Å². The van der Waals surface area contributed by atoms with Crippen LogP contribution in [0.1, 0.15) is 47.0 Å². The van der Waals surface area contributed by atoms with Gasteiger partial charge in [0.2, 0.25) is 0 Å². The van der Waals surface area contributed by atoms with E-state index in [1.807, 2.05) is 38.1 Å². The summed E-state index contributed by atoms with van der Waals surface area (Å²) in [6.07, 6.45) is 2.90. The van der Waals surface area contributed by atoms with Crippen molar-refractivity contribution in [2.24, 2.45) is 11.8 Å². The average molecular weight is 377 g/mol. The second-order valence-electron chi connectivity index (χ2n) is 8.22. The minimum Gasteiger partial charge on any atom is -0.492 e. The van der Waals surface area contributed by atoms with Crippen LogP contribution >= 0.6 is 0 Å². The Kier molecular flexibility index (Phi) is 8.11. The van der Waals surface area contributed by atoms with Gasteiger partial charge in [0.25, 0.3) is 5.91 Å². The zero-order valence-electron chi connectivity index (χ0n) is 17.6. The molecule has 0 bridgehead atoms. The Balaban J connectivity index is 1.80. The molecule has 0 aromatic heterocycles. The summed E-state index contributed by atoms with van der Waals surface area (Å²) in [5.74, 6) is 2.24. The SMILES string of the molecule is CCC[C@](C)(OC)C(=O)Nc1ccc(OCCN2C[C@@H](C)C[C@H](C)C2)cc1. The van der Waals surface area contributed by atoms with Crippen molar-refractivity contribution >= 4 is 11.6 Å². The smallest absolute Gasteiger partial charge is 0.256 e. The zero-order valence-corrected chi connectivity index (χ0v) is 17.6. The van der Waals surface area contributed by atoms with Gasteiger partial charge in [-0.3, -0.25) is 9.69 Å². The van der Waals surface area contributed by atoms with Crippen LogP contribution in [0.25, 0.3) is 0 Å². The number of hydrogen-bond acceptors (Lipinski definition) is 4. The number of carbonyl (C=O) groups is 1. The molecule has 1 aromatic rings. The molecule has 5 heteroatoms. The molecule has 0 aliphatic carbocycles. The van der Waals surface area contributed by atoms with Crippen molar-refractivity contribution in [1.82, 2.24) is 4.90 Å². The Morgan fingerprint density at radius 1 is 1.22 bits per heavy atom. The molecule has 3 atom stereocenters. The van der Waals surface area contributed by atoms with Gasteiger partial charge in [0.05, 0.1) is 0 Å². The zero-order chi connectivity index (χ0) is 19.9. The quantitative estimate of drug-likeness (QED) is 0.702. The van der Waals surface area contributed by atoms with E-state index in [1.165, 1.54) is 6.42 Å². The van der Waals surface area contributed by atoms with Crippen molar-refractivity contribution in [3.63, 3.8) is 0 Å². The van der Waals surface area contributed by atoms with Gasteiger partial charge >= 0.3 is 0 Å².